The molecule has 0 fully saturated rings. The number of alkyl halides is 2. The molecule has 21 heavy (non-hydrogen) atoms. The number of ether oxygens (including phenoxy) is 2. The van der Waals surface area contributed by atoms with Gasteiger partial charge in [0.2, 0.25) is 5.88 Å². The smallest absolute Gasteiger partial charge is 0.387 e. The molecule has 110 valence electrons. The fourth-order valence-electron chi connectivity index (χ4n) is 1.49. The van der Waals surface area contributed by atoms with Crippen LogP contribution in [0.2, 0.25) is 0 Å². The minimum absolute atomic E-state index is 0.0211. The summed E-state index contributed by atoms with van der Waals surface area (Å²) >= 11 is 0. The fraction of sp³-hybridized carbons (Fsp3) is 0.143. The van der Waals surface area contributed by atoms with E-state index in [1.165, 1.54) is 24.3 Å². The summed E-state index contributed by atoms with van der Waals surface area (Å²) < 4.78 is 33.3. The molecule has 0 aliphatic heterocycles. The number of rotatable bonds is 6. The highest BCUT2D eigenvalue weighted by Gasteiger charge is 2.06. The number of anilines is 1. The molecule has 0 unspecified atom stereocenters. The van der Waals surface area contributed by atoms with E-state index in [9.17, 15) is 13.6 Å². The van der Waals surface area contributed by atoms with Crippen molar-refractivity contribution in [2.45, 2.75) is 6.61 Å². The number of halogens is 2. The van der Waals surface area contributed by atoms with Crippen LogP contribution >= 0.6 is 0 Å². The van der Waals surface area contributed by atoms with Gasteiger partial charge >= 0.3 is 6.61 Å². The first-order valence-electron chi connectivity index (χ1n) is 6.02. The Morgan fingerprint density at radius 2 is 1.95 bits per heavy atom. The van der Waals surface area contributed by atoms with Gasteiger partial charge in [0.05, 0.1) is 0 Å². The van der Waals surface area contributed by atoms with Crippen LogP contribution in [0, 0.1) is 0 Å². The summed E-state index contributed by atoms with van der Waals surface area (Å²) in [6.45, 7) is -3.08. The maximum absolute atomic E-state index is 12.0. The van der Waals surface area contributed by atoms with Gasteiger partial charge in [-0.2, -0.15) is 8.78 Å². The Morgan fingerprint density at radius 3 is 2.57 bits per heavy atom. The number of hydrogen-bond donors (Lipinski definition) is 1. The van der Waals surface area contributed by atoms with Gasteiger partial charge < -0.3 is 14.8 Å². The number of carbonyl (C=O) groups excluding carboxylic acids is 1. The van der Waals surface area contributed by atoms with Crippen LogP contribution in [0.15, 0.2) is 48.7 Å². The summed E-state index contributed by atoms with van der Waals surface area (Å²) in [4.78, 5) is 15.5. The molecule has 0 saturated heterocycles. The van der Waals surface area contributed by atoms with Crippen LogP contribution in [0.4, 0.5) is 14.5 Å². The highest BCUT2D eigenvalue weighted by atomic mass is 19.3. The molecule has 1 heterocycles. The molecule has 0 atom stereocenters. The molecule has 0 spiro atoms. The van der Waals surface area contributed by atoms with Crippen molar-refractivity contribution in [3.05, 3.63) is 48.7 Å². The van der Waals surface area contributed by atoms with E-state index in [2.05, 4.69) is 15.0 Å². The molecule has 1 N–H and O–H groups in total. The van der Waals surface area contributed by atoms with Crippen molar-refractivity contribution in [1.82, 2.24) is 4.98 Å². The van der Waals surface area contributed by atoms with Gasteiger partial charge in [0.25, 0.3) is 5.91 Å². The lowest BCUT2D eigenvalue weighted by atomic mass is 10.3. The third-order valence-electron chi connectivity index (χ3n) is 2.35. The van der Waals surface area contributed by atoms with E-state index < -0.39 is 6.61 Å². The number of amides is 1. The van der Waals surface area contributed by atoms with Crippen molar-refractivity contribution in [1.29, 1.82) is 0 Å². The van der Waals surface area contributed by atoms with E-state index in [1.54, 1.807) is 24.4 Å². The third-order valence-corrected chi connectivity index (χ3v) is 2.35. The predicted octanol–water partition coefficient (Wildman–Crippen LogP) is 2.70. The van der Waals surface area contributed by atoms with E-state index in [0.29, 0.717) is 11.6 Å². The van der Waals surface area contributed by atoms with Crippen LogP contribution in [-0.2, 0) is 4.79 Å². The first-order valence-corrected chi connectivity index (χ1v) is 6.02. The molecule has 7 heteroatoms. The van der Waals surface area contributed by atoms with Crippen molar-refractivity contribution in [3.63, 3.8) is 0 Å². The average Bonchev–Trinajstić information content (AvgIpc) is 2.48. The maximum atomic E-state index is 12.0. The summed E-state index contributed by atoms with van der Waals surface area (Å²) in [5, 5.41) is 2.56. The number of nitrogens with zero attached hydrogens (tertiary/aromatic N) is 1. The van der Waals surface area contributed by atoms with Gasteiger partial charge in [0.15, 0.2) is 6.61 Å². The van der Waals surface area contributed by atoms with Crippen molar-refractivity contribution >= 4 is 11.6 Å². The lowest BCUT2D eigenvalue weighted by Crippen LogP contribution is -2.20. The van der Waals surface area contributed by atoms with Crippen LogP contribution in [-0.4, -0.2) is 24.1 Å². The van der Waals surface area contributed by atoms with E-state index in [1.807, 2.05) is 0 Å². The highest BCUT2D eigenvalue weighted by molar-refractivity contribution is 5.91. The minimum atomic E-state index is -2.88. The number of aromatic nitrogens is 1. The van der Waals surface area contributed by atoms with Crippen LogP contribution < -0.4 is 14.8 Å². The molecule has 2 aromatic rings. The molecule has 5 nitrogen and oxygen atoms in total. The second-order valence-corrected chi connectivity index (χ2v) is 3.91. The van der Waals surface area contributed by atoms with Gasteiger partial charge in [-0.3, -0.25) is 4.79 Å². The largest absolute Gasteiger partial charge is 0.468 e. The second kappa shape index (κ2) is 7.18. The molecule has 2 rings (SSSR count). The number of hydrogen-bond acceptors (Lipinski definition) is 4. The van der Waals surface area contributed by atoms with Crippen molar-refractivity contribution in [2.75, 3.05) is 11.9 Å². The van der Waals surface area contributed by atoms with E-state index >= 15 is 0 Å². The Bertz CT molecular complexity index is 577. The average molecular weight is 294 g/mol. The Labute approximate surface area is 119 Å². The zero-order valence-electron chi connectivity index (χ0n) is 10.8. The minimum Gasteiger partial charge on any atom is -0.468 e. The van der Waals surface area contributed by atoms with Gasteiger partial charge in [0.1, 0.15) is 5.75 Å². The second-order valence-electron chi connectivity index (χ2n) is 3.91. The summed E-state index contributed by atoms with van der Waals surface area (Å²) in [6.07, 6.45) is 1.55. The Kier molecular flexibility index (Phi) is 5.03. The van der Waals surface area contributed by atoms with Gasteiger partial charge in [-0.1, -0.05) is 6.07 Å². The molecule has 1 aromatic heterocycles. The quantitative estimate of drug-likeness (QED) is 0.890. The first-order chi connectivity index (χ1) is 10.1. The van der Waals surface area contributed by atoms with Gasteiger partial charge in [-0.15, -0.1) is 0 Å². The molecule has 0 radical (unpaired) electrons. The normalized spacial score (nSPS) is 10.2. The first kappa shape index (κ1) is 14.7. The number of carbonyl (C=O) groups is 1. The predicted molar refractivity (Wildman–Crippen MR) is 71.4 cm³/mol. The van der Waals surface area contributed by atoms with Crippen LogP contribution in [0.3, 0.4) is 0 Å². The standard InChI is InChI=1S/C14H12F2N2O3/c15-14(16)21-11-6-4-10(5-7-11)18-12(19)9-20-13-3-1-2-8-17-13/h1-8,14H,9H2,(H,18,19). The Hall–Kier alpha value is -2.70. The summed E-state index contributed by atoms with van der Waals surface area (Å²) in [6, 6.07) is 10.7. The lowest BCUT2D eigenvalue weighted by molar-refractivity contribution is -0.118. The number of benzene rings is 1. The van der Waals surface area contributed by atoms with Crippen LogP contribution in [0.5, 0.6) is 11.6 Å². The molecule has 0 saturated carbocycles. The number of nitrogens with one attached hydrogen (secondary N) is 1. The van der Waals surface area contributed by atoms with E-state index in [-0.39, 0.29) is 18.3 Å². The Morgan fingerprint density at radius 1 is 1.19 bits per heavy atom. The molecule has 1 amide bonds. The lowest BCUT2D eigenvalue weighted by Gasteiger charge is -2.08. The Balaban J connectivity index is 1.82. The molecule has 0 aliphatic rings. The third kappa shape index (κ3) is 5.06. The van der Waals surface area contributed by atoms with Gasteiger partial charge in [0, 0.05) is 18.0 Å². The molecular formula is C14H12F2N2O3. The fourth-order valence-corrected chi connectivity index (χ4v) is 1.49. The van der Waals surface area contributed by atoms with E-state index in [0.717, 1.165) is 0 Å². The summed E-state index contributed by atoms with van der Waals surface area (Å²) in [5.74, 6) is -0.0238. The summed E-state index contributed by atoms with van der Waals surface area (Å²) in [7, 11) is 0. The SMILES string of the molecule is O=C(COc1ccccn1)Nc1ccc(OC(F)F)cc1. The zero-order valence-corrected chi connectivity index (χ0v) is 10.8. The van der Waals surface area contributed by atoms with Crippen molar-refractivity contribution in [2.24, 2.45) is 0 Å². The molecule has 1 aromatic carbocycles. The molecule has 0 aliphatic carbocycles. The molecule has 0 bridgehead atoms. The highest BCUT2D eigenvalue weighted by Crippen LogP contribution is 2.17. The van der Waals surface area contributed by atoms with E-state index in [4.69, 9.17) is 4.74 Å². The summed E-state index contributed by atoms with van der Waals surface area (Å²) in [5.41, 5.74) is 0.450. The molecular weight excluding hydrogens is 282 g/mol. The van der Waals surface area contributed by atoms with Crippen molar-refractivity contribution < 1.29 is 23.0 Å². The van der Waals surface area contributed by atoms with Crippen LogP contribution in [0.1, 0.15) is 0 Å². The zero-order chi connectivity index (χ0) is 15.1. The number of pyridine rings is 1. The van der Waals surface area contributed by atoms with Gasteiger partial charge in [-0.05, 0) is 30.3 Å². The van der Waals surface area contributed by atoms with Crippen LogP contribution in [0.25, 0.3) is 0 Å². The maximum Gasteiger partial charge on any atom is 0.387 e. The van der Waals surface area contributed by atoms with Gasteiger partial charge in [-0.25, -0.2) is 4.98 Å². The van der Waals surface area contributed by atoms with Crippen molar-refractivity contribution in [3.8, 4) is 11.6 Å². The topological polar surface area (TPSA) is 60.5 Å². The monoisotopic (exact) mass is 294 g/mol.